The Morgan fingerprint density at radius 3 is 2.26 bits per heavy atom. The number of hydrogen-bond donors (Lipinski definition) is 1. The maximum atomic E-state index is 13.7. The van der Waals surface area contributed by atoms with E-state index in [9.17, 15) is 30.7 Å². The molecule has 2 aromatic carbocycles. The Labute approximate surface area is 195 Å². The minimum absolute atomic E-state index is 0.000149. The van der Waals surface area contributed by atoms with E-state index in [0.29, 0.717) is 22.8 Å². The predicted molar refractivity (Wildman–Crippen MR) is 112 cm³/mol. The average molecular weight is 507 g/mol. The van der Waals surface area contributed by atoms with Gasteiger partial charge in [0.25, 0.3) is 0 Å². The fraction of sp³-hybridized carbons (Fsp3) is 0.364. The monoisotopic (exact) mass is 507 g/mol. The number of halogens is 7. The SMILES string of the molecule is COc1cc2nc(C)nc(NCc3cc(F)cc(C(F)(F)F)c3)c2cc1OCC(OC)C(F)(F)F. The Kier molecular flexibility index (Phi) is 7.58. The highest BCUT2D eigenvalue weighted by Gasteiger charge is 2.40. The molecule has 13 heteroatoms. The first-order chi connectivity index (χ1) is 16.3. The van der Waals surface area contributed by atoms with Crippen LogP contribution in [0.4, 0.5) is 36.6 Å². The van der Waals surface area contributed by atoms with Crippen molar-refractivity contribution >= 4 is 16.7 Å². The highest BCUT2D eigenvalue weighted by atomic mass is 19.4. The smallest absolute Gasteiger partial charge is 0.417 e. The summed E-state index contributed by atoms with van der Waals surface area (Å²) in [7, 11) is 2.19. The lowest BCUT2D eigenvalue weighted by Crippen LogP contribution is -2.36. The van der Waals surface area contributed by atoms with E-state index in [1.165, 1.54) is 19.2 Å². The zero-order chi connectivity index (χ0) is 26.0. The maximum absolute atomic E-state index is 13.7. The van der Waals surface area contributed by atoms with Crippen LogP contribution >= 0.6 is 0 Å². The summed E-state index contributed by atoms with van der Waals surface area (Å²) in [6.07, 6.45) is -11.6. The van der Waals surface area contributed by atoms with Crippen molar-refractivity contribution in [2.24, 2.45) is 0 Å². The van der Waals surface area contributed by atoms with Crippen LogP contribution in [0.25, 0.3) is 10.9 Å². The third kappa shape index (κ3) is 6.41. The van der Waals surface area contributed by atoms with Gasteiger partial charge in [0.1, 0.15) is 24.1 Å². The molecule has 3 aromatic rings. The Morgan fingerprint density at radius 1 is 0.943 bits per heavy atom. The minimum Gasteiger partial charge on any atom is -0.493 e. The quantitative estimate of drug-likeness (QED) is 0.397. The second kappa shape index (κ2) is 10.1. The van der Waals surface area contributed by atoms with E-state index < -0.39 is 36.4 Å². The summed E-state index contributed by atoms with van der Waals surface area (Å²) in [4.78, 5) is 8.47. The second-order valence-electron chi connectivity index (χ2n) is 7.42. The van der Waals surface area contributed by atoms with Crippen molar-refractivity contribution in [1.29, 1.82) is 0 Å². The molecule has 0 aliphatic rings. The van der Waals surface area contributed by atoms with Crippen LogP contribution in [0.3, 0.4) is 0 Å². The van der Waals surface area contributed by atoms with Crippen LogP contribution in [0.5, 0.6) is 11.5 Å². The molecule has 0 aliphatic heterocycles. The molecule has 1 atom stereocenters. The summed E-state index contributed by atoms with van der Waals surface area (Å²) >= 11 is 0. The number of anilines is 1. The molecule has 0 saturated carbocycles. The molecule has 0 bridgehead atoms. The first kappa shape index (κ1) is 26.3. The van der Waals surface area contributed by atoms with E-state index in [-0.39, 0.29) is 29.4 Å². The largest absolute Gasteiger partial charge is 0.493 e. The normalized spacial score (nSPS) is 13.1. The van der Waals surface area contributed by atoms with Crippen molar-refractivity contribution in [3.8, 4) is 11.5 Å². The topological polar surface area (TPSA) is 65.5 Å². The Hall–Kier alpha value is -3.35. The molecule has 1 heterocycles. The fourth-order valence-electron chi connectivity index (χ4n) is 3.22. The lowest BCUT2D eigenvalue weighted by Gasteiger charge is -2.20. The number of nitrogens with zero attached hydrogens (tertiary/aromatic N) is 2. The summed E-state index contributed by atoms with van der Waals surface area (Å²) in [6.45, 7) is 0.479. The highest BCUT2D eigenvalue weighted by Crippen LogP contribution is 2.36. The number of rotatable bonds is 8. The molecule has 3 rings (SSSR count). The van der Waals surface area contributed by atoms with Gasteiger partial charge in [-0.05, 0) is 36.8 Å². The molecule has 0 aliphatic carbocycles. The van der Waals surface area contributed by atoms with Gasteiger partial charge in [-0.1, -0.05) is 0 Å². The molecule has 0 saturated heterocycles. The number of aromatic nitrogens is 2. The van der Waals surface area contributed by atoms with Gasteiger partial charge < -0.3 is 19.5 Å². The molecule has 0 spiro atoms. The summed E-state index contributed by atoms with van der Waals surface area (Å²) in [5.41, 5.74) is -0.811. The van der Waals surface area contributed by atoms with Crippen LogP contribution in [0.1, 0.15) is 17.0 Å². The van der Waals surface area contributed by atoms with Gasteiger partial charge in [0, 0.05) is 25.1 Å². The molecule has 6 nitrogen and oxygen atoms in total. The zero-order valence-corrected chi connectivity index (χ0v) is 18.6. The number of aryl methyl sites for hydroxylation is 1. The van der Waals surface area contributed by atoms with E-state index in [4.69, 9.17) is 9.47 Å². The molecule has 1 N–H and O–H groups in total. The lowest BCUT2D eigenvalue weighted by molar-refractivity contribution is -0.219. The molecular weight excluding hydrogens is 487 g/mol. The van der Waals surface area contributed by atoms with Gasteiger partial charge in [-0.3, -0.25) is 0 Å². The summed E-state index contributed by atoms with van der Waals surface area (Å²) in [5, 5.41) is 3.12. The third-order valence-electron chi connectivity index (χ3n) is 4.88. The van der Waals surface area contributed by atoms with Gasteiger partial charge in [-0.15, -0.1) is 0 Å². The molecule has 35 heavy (non-hydrogen) atoms. The van der Waals surface area contributed by atoms with Gasteiger partial charge in [0.2, 0.25) is 0 Å². The fourth-order valence-corrected chi connectivity index (χ4v) is 3.22. The van der Waals surface area contributed by atoms with Crippen LogP contribution in [-0.2, 0) is 17.5 Å². The van der Waals surface area contributed by atoms with Crippen LogP contribution in [-0.4, -0.2) is 43.1 Å². The average Bonchev–Trinajstić information content (AvgIpc) is 2.75. The number of fused-ring (bicyclic) bond motifs is 1. The highest BCUT2D eigenvalue weighted by molar-refractivity contribution is 5.91. The van der Waals surface area contributed by atoms with Gasteiger partial charge in [0.15, 0.2) is 17.6 Å². The molecule has 0 amide bonds. The maximum Gasteiger partial charge on any atom is 0.417 e. The van der Waals surface area contributed by atoms with Gasteiger partial charge in [0.05, 0.1) is 18.2 Å². The van der Waals surface area contributed by atoms with Gasteiger partial charge >= 0.3 is 12.4 Å². The van der Waals surface area contributed by atoms with Crippen LogP contribution in [0.15, 0.2) is 30.3 Å². The molecule has 1 aromatic heterocycles. The molecule has 1 unspecified atom stereocenters. The third-order valence-corrected chi connectivity index (χ3v) is 4.88. The van der Waals surface area contributed by atoms with E-state index in [1.54, 1.807) is 6.92 Å². The lowest BCUT2D eigenvalue weighted by atomic mass is 10.1. The van der Waals surface area contributed by atoms with Crippen LogP contribution in [0.2, 0.25) is 0 Å². The Balaban J connectivity index is 1.94. The minimum atomic E-state index is -4.73. The Morgan fingerprint density at radius 2 is 1.66 bits per heavy atom. The van der Waals surface area contributed by atoms with E-state index in [0.717, 1.165) is 19.2 Å². The van der Waals surface area contributed by atoms with E-state index in [2.05, 4.69) is 20.0 Å². The number of benzene rings is 2. The van der Waals surface area contributed by atoms with Crippen molar-refractivity contribution in [3.05, 3.63) is 53.1 Å². The van der Waals surface area contributed by atoms with Gasteiger partial charge in [-0.25, -0.2) is 14.4 Å². The summed E-state index contributed by atoms with van der Waals surface area (Å²) < 4.78 is 107. The van der Waals surface area contributed by atoms with Crippen molar-refractivity contribution < 1.29 is 44.9 Å². The van der Waals surface area contributed by atoms with Crippen molar-refractivity contribution in [1.82, 2.24) is 9.97 Å². The summed E-state index contributed by atoms with van der Waals surface area (Å²) in [5.74, 6) is -0.581. The second-order valence-corrected chi connectivity index (χ2v) is 7.42. The van der Waals surface area contributed by atoms with E-state index >= 15 is 0 Å². The number of ether oxygens (including phenoxy) is 3. The van der Waals surface area contributed by atoms with Crippen molar-refractivity contribution in [2.45, 2.75) is 31.9 Å². The Bertz CT molecular complexity index is 1200. The molecule has 0 fully saturated rings. The molecular formula is C22H20F7N3O3. The first-order valence-electron chi connectivity index (χ1n) is 10.0. The predicted octanol–water partition coefficient (Wildman–Crippen LogP) is 5.67. The van der Waals surface area contributed by atoms with Crippen LogP contribution in [0, 0.1) is 12.7 Å². The molecule has 190 valence electrons. The number of nitrogens with one attached hydrogen (secondary N) is 1. The number of hydrogen-bond acceptors (Lipinski definition) is 6. The first-order valence-corrected chi connectivity index (χ1v) is 10.0. The zero-order valence-electron chi connectivity index (χ0n) is 18.6. The van der Waals surface area contributed by atoms with Crippen molar-refractivity contribution in [3.63, 3.8) is 0 Å². The van der Waals surface area contributed by atoms with Gasteiger partial charge in [-0.2, -0.15) is 26.3 Å². The van der Waals surface area contributed by atoms with E-state index in [1.807, 2.05) is 0 Å². The standard InChI is InChI=1S/C22H20F7N3O3/c1-11-31-16-8-17(33-2)18(35-10-19(34-3)22(27,28)29)7-15(16)20(32-11)30-9-12-4-13(21(24,25)26)6-14(23)5-12/h4-8,19H,9-10H2,1-3H3,(H,30,31,32). The van der Waals surface area contributed by atoms with Crippen molar-refractivity contribution in [2.75, 3.05) is 26.1 Å². The number of alkyl halides is 6. The number of methoxy groups -OCH3 is 2. The summed E-state index contributed by atoms with van der Waals surface area (Å²) in [6, 6.07) is 4.89. The molecule has 0 radical (unpaired) electrons. The van der Waals surface area contributed by atoms with Crippen LogP contribution < -0.4 is 14.8 Å².